The van der Waals surface area contributed by atoms with Gasteiger partial charge in [-0.3, -0.25) is 4.79 Å². The summed E-state index contributed by atoms with van der Waals surface area (Å²) >= 11 is 0. The van der Waals surface area contributed by atoms with Crippen LogP contribution in [0, 0.1) is 52.3 Å². The number of aliphatic hydroxyl groups is 5. The summed E-state index contributed by atoms with van der Waals surface area (Å²) in [6.07, 6.45) is 0.608. The zero-order valence-corrected chi connectivity index (χ0v) is 26.9. The maximum Gasteiger partial charge on any atom is 0.305 e. The Balaban J connectivity index is 1.35. The molecule has 0 spiro atoms. The Bertz CT molecular complexity index is 1030. The zero-order chi connectivity index (χ0) is 31.4. The van der Waals surface area contributed by atoms with E-state index >= 15 is 0 Å². The summed E-state index contributed by atoms with van der Waals surface area (Å²) in [7, 11) is 0. The third kappa shape index (κ3) is 5.74. The van der Waals surface area contributed by atoms with E-state index in [0.29, 0.717) is 30.8 Å². The van der Waals surface area contributed by atoms with Crippen molar-refractivity contribution in [3.8, 4) is 0 Å². The van der Waals surface area contributed by atoms with Crippen molar-refractivity contribution in [2.75, 3.05) is 13.2 Å². The van der Waals surface area contributed by atoms with E-state index in [4.69, 9.17) is 14.2 Å². The topological polar surface area (TPSA) is 146 Å². The zero-order valence-electron chi connectivity index (χ0n) is 26.9. The standard InChI is InChI=1S/C34H56O9/c1-17(2)18(3)31(43-32-30(40)29(39)28(38)25(15-35)42-32)27(37)19(4)22-9-10-23-21-8-7-20-16-41-26(36)12-14-33(20,5)24(21)11-13-34(22,23)6/h8,17-20,22-25,27-32,35,37-40H,7,9-16H2,1-6H3. The number of hydrogen-bond acceptors (Lipinski definition) is 9. The van der Waals surface area contributed by atoms with Crippen molar-refractivity contribution in [3.05, 3.63) is 11.6 Å². The second kappa shape index (κ2) is 12.6. The Morgan fingerprint density at radius 3 is 2.35 bits per heavy atom. The van der Waals surface area contributed by atoms with E-state index in [2.05, 4.69) is 40.7 Å². The Labute approximate surface area is 257 Å². The van der Waals surface area contributed by atoms with E-state index < -0.39 is 49.5 Å². The highest BCUT2D eigenvalue weighted by molar-refractivity contribution is 5.69. The van der Waals surface area contributed by atoms with Crippen molar-refractivity contribution in [1.82, 2.24) is 0 Å². The third-order valence-corrected chi connectivity index (χ3v) is 13.1. The molecule has 2 saturated carbocycles. The molecule has 0 aromatic heterocycles. The fourth-order valence-corrected chi connectivity index (χ4v) is 9.77. The molecule has 9 nitrogen and oxygen atoms in total. The van der Waals surface area contributed by atoms with Crippen molar-refractivity contribution >= 4 is 5.97 Å². The molecule has 246 valence electrons. The Morgan fingerprint density at radius 2 is 1.67 bits per heavy atom. The highest BCUT2D eigenvalue weighted by Gasteiger charge is 2.59. The summed E-state index contributed by atoms with van der Waals surface area (Å²) in [5.41, 5.74) is 1.66. The number of carbonyl (C=O) groups is 1. The lowest BCUT2D eigenvalue weighted by Gasteiger charge is -2.55. The van der Waals surface area contributed by atoms with Gasteiger partial charge in [0, 0.05) is 12.3 Å². The molecule has 9 heteroatoms. The summed E-state index contributed by atoms with van der Waals surface area (Å²) in [4.78, 5) is 12.2. The lowest BCUT2D eigenvalue weighted by Crippen LogP contribution is -2.61. The van der Waals surface area contributed by atoms with E-state index in [0.717, 1.165) is 38.5 Å². The van der Waals surface area contributed by atoms with Gasteiger partial charge in [-0.15, -0.1) is 0 Å². The van der Waals surface area contributed by atoms with Crippen molar-refractivity contribution in [2.24, 2.45) is 52.3 Å². The SMILES string of the molecule is CC(C)C(C)C(OC1OC(CO)C(O)C(O)C1O)C(O)C(C)C1CCC2C3=CCC4COC(=O)CCC4(C)C3CCC21C. The van der Waals surface area contributed by atoms with Crippen LogP contribution in [0.15, 0.2) is 11.6 Å². The average molecular weight is 609 g/mol. The van der Waals surface area contributed by atoms with Crippen molar-refractivity contribution in [3.63, 3.8) is 0 Å². The molecule has 5 N–H and O–H groups in total. The summed E-state index contributed by atoms with van der Waals surface area (Å²) < 4.78 is 17.6. The second-order valence-corrected chi connectivity index (χ2v) is 15.4. The van der Waals surface area contributed by atoms with Gasteiger partial charge in [0.25, 0.3) is 0 Å². The van der Waals surface area contributed by atoms with Gasteiger partial charge in [0.15, 0.2) is 6.29 Å². The van der Waals surface area contributed by atoms with Gasteiger partial charge in [0.05, 0.1) is 25.4 Å². The molecule has 5 rings (SSSR count). The quantitative estimate of drug-likeness (QED) is 0.207. The molecule has 2 aliphatic heterocycles. The number of carbonyl (C=O) groups excluding carboxylic acids is 1. The van der Waals surface area contributed by atoms with Gasteiger partial charge >= 0.3 is 5.97 Å². The van der Waals surface area contributed by atoms with Crippen LogP contribution in [0.4, 0.5) is 0 Å². The summed E-state index contributed by atoms with van der Waals surface area (Å²) in [6.45, 7) is 13.0. The van der Waals surface area contributed by atoms with Crippen LogP contribution in [0.2, 0.25) is 0 Å². The summed E-state index contributed by atoms with van der Waals surface area (Å²) in [5.74, 6) is 1.43. The van der Waals surface area contributed by atoms with Crippen molar-refractivity contribution in [2.45, 2.75) is 129 Å². The maximum atomic E-state index is 12.2. The van der Waals surface area contributed by atoms with Crippen LogP contribution >= 0.6 is 0 Å². The molecule has 0 amide bonds. The van der Waals surface area contributed by atoms with Gasteiger partial charge in [0.1, 0.15) is 24.4 Å². The molecule has 43 heavy (non-hydrogen) atoms. The van der Waals surface area contributed by atoms with E-state index in [9.17, 15) is 30.3 Å². The molecule has 2 saturated heterocycles. The van der Waals surface area contributed by atoms with Gasteiger partial charge in [-0.05, 0) is 84.9 Å². The van der Waals surface area contributed by atoms with Crippen LogP contribution in [-0.2, 0) is 19.0 Å². The minimum Gasteiger partial charge on any atom is -0.465 e. The Kier molecular flexibility index (Phi) is 9.77. The smallest absolute Gasteiger partial charge is 0.305 e. The fraction of sp³-hybridized carbons (Fsp3) is 0.912. The van der Waals surface area contributed by atoms with Gasteiger partial charge in [0.2, 0.25) is 0 Å². The fourth-order valence-electron chi connectivity index (χ4n) is 9.77. The van der Waals surface area contributed by atoms with Crippen LogP contribution in [0.25, 0.3) is 0 Å². The van der Waals surface area contributed by atoms with Crippen LogP contribution in [0.5, 0.6) is 0 Å². The monoisotopic (exact) mass is 608 g/mol. The summed E-state index contributed by atoms with van der Waals surface area (Å²) in [5, 5.41) is 53.0. The molecule has 15 unspecified atom stereocenters. The van der Waals surface area contributed by atoms with Crippen LogP contribution < -0.4 is 0 Å². The van der Waals surface area contributed by atoms with Crippen molar-refractivity contribution in [1.29, 1.82) is 0 Å². The van der Waals surface area contributed by atoms with E-state index in [1.165, 1.54) is 0 Å². The van der Waals surface area contributed by atoms with Gasteiger partial charge < -0.3 is 39.7 Å². The molecular formula is C34H56O9. The minimum atomic E-state index is -1.53. The molecular weight excluding hydrogens is 552 g/mol. The largest absolute Gasteiger partial charge is 0.465 e. The van der Waals surface area contributed by atoms with Gasteiger partial charge in [-0.25, -0.2) is 0 Å². The molecule has 2 heterocycles. The Hall–Kier alpha value is -1.07. The number of aliphatic hydroxyl groups excluding tert-OH is 5. The van der Waals surface area contributed by atoms with Crippen LogP contribution in [0.3, 0.4) is 0 Å². The summed E-state index contributed by atoms with van der Waals surface area (Å²) in [6, 6.07) is 0. The lowest BCUT2D eigenvalue weighted by atomic mass is 9.49. The predicted molar refractivity (Wildman–Crippen MR) is 159 cm³/mol. The molecule has 3 aliphatic carbocycles. The third-order valence-electron chi connectivity index (χ3n) is 13.1. The first-order valence-electron chi connectivity index (χ1n) is 16.7. The highest BCUT2D eigenvalue weighted by atomic mass is 16.7. The first kappa shape index (κ1) is 33.3. The van der Waals surface area contributed by atoms with E-state index in [1.807, 2.05) is 6.92 Å². The number of cyclic esters (lactones) is 1. The first-order chi connectivity index (χ1) is 20.2. The molecule has 0 aromatic rings. The number of fused-ring (bicyclic) bond motifs is 5. The lowest BCUT2D eigenvalue weighted by molar-refractivity contribution is -0.324. The average Bonchev–Trinajstić information content (AvgIpc) is 3.26. The highest BCUT2D eigenvalue weighted by Crippen LogP contribution is 2.66. The molecule has 4 fully saturated rings. The van der Waals surface area contributed by atoms with Crippen LogP contribution in [0.1, 0.15) is 86.5 Å². The van der Waals surface area contributed by atoms with E-state index in [1.54, 1.807) is 5.57 Å². The number of rotatable bonds is 8. The van der Waals surface area contributed by atoms with Gasteiger partial charge in [-0.1, -0.05) is 53.2 Å². The van der Waals surface area contributed by atoms with Crippen LogP contribution in [-0.4, -0.2) is 87.6 Å². The number of hydrogen-bond donors (Lipinski definition) is 5. The number of esters is 1. The molecule has 0 aromatic carbocycles. The first-order valence-corrected chi connectivity index (χ1v) is 16.7. The van der Waals surface area contributed by atoms with Gasteiger partial charge in [-0.2, -0.15) is 0 Å². The minimum absolute atomic E-state index is 0.0255. The number of ether oxygens (including phenoxy) is 3. The van der Waals surface area contributed by atoms with Crippen molar-refractivity contribution < 1.29 is 44.5 Å². The second-order valence-electron chi connectivity index (χ2n) is 15.4. The predicted octanol–water partition coefficient (Wildman–Crippen LogP) is 3.19. The normalized spacial score (nSPS) is 46.0. The maximum absolute atomic E-state index is 12.2. The Morgan fingerprint density at radius 1 is 0.977 bits per heavy atom. The molecule has 0 bridgehead atoms. The molecule has 0 radical (unpaired) electrons. The number of allylic oxidation sites excluding steroid dienone is 2. The molecule has 5 aliphatic rings. The molecule has 15 atom stereocenters. The van der Waals surface area contributed by atoms with E-state index in [-0.39, 0.29) is 40.5 Å².